The van der Waals surface area contributed by atoms with Crippen LogP contribution in [0.2, 0.25) is 0 Å². The van der Waals surface area contributed by atoms with Crippen molar-refractivity contribution in [3.05, 3.63) is 0 Å². The van der Waals surface area contributed by atoms with Crippen LogP contribution < -0.4 is 5.32 Å². The summed E-state index contributed by atoms with van der Waals surface area (Å²) in [6.45, 7) is 15.9. The Bertz CT molecular complexity index is 405. The normalized spacial score (nSPS) is 29.9. The molecule has 3 atom stereocenters. The van der Waals surface area contributed by atoms with Gasteiger partial charge in [-0.15, -0.1) is 0 Å². The monoisotopic (exact) mass is 405 g/mol. The highest BCUT2D eigenvalue weighted by atomic mass is 14.9. The van der Waals surface area contributed by atoms with Gasteiger partial charge in [-0.05, 0) is 92.9 Å². The summed E-state index contributed by atoms with van der Waals surface area (Å²) in [7, 11) is 0. The van der Waals surface area contributed by atoms with Gasteiger partial charge >= 0.3 is 0 Å². The Morgan fingerprint density at radius 2 is 1.59 bits per heavy atom. The van der Waals surface area contributed by atoms with Crippen molar-refractivity contribution >= 4 is 0 Å². The number of hydrogen-bond acceptors (Lipinski definition) is 1. The third-order valence-electron chi connectivity index (χ3n) is 8.62. The summed E-state index contributed by atoms with van der Waals surface area (Å²) >= 11 is 0. The van der Waals surface area contributed by atoms with Gasteiger partial charge in [-0.1, -0.05) is 80.1 Å². The molecule has 0 radical (unpaired) electrons. The van der Waals surface area contributed by atoms with E-state index in [1.165, 1.54) is 90.0 Å². The van der Waals surface area contributed by atoms with Crippen molar-refractivity contribution in [2.75, 3.05) is 6.54 Å². The highest BCUT2D eigenvalue weighted by Crippen LogP contribution is 2.44. The Morgan fingerprint density at radius 3 is 2.17 bits per heavy atom. The smallest absolute Gasteiger partial charge is 0.00721 e. The van der Waals surface area contributed by atoms with Gasteiger partial charge in [0.25, 0.3) is 0 Å². The molecule has 0 bridgehead atoms. The van der Waals surface area contributed by atoms with E-state index in [1.54, 1.807) is 0 Å². The molecular formula is C28H55N. The Hall–Kier alpha value is -0.0400. The molecule has 1 nitrogen and oxygen atoms in total. The lowest BCUT2D eigenvalue weighted by Gasteiger charge is -2.41. The first-order valence-corrected chi connectivity index (χ1v) is 13.7. The van der Waals surface area contributed by atoms with Crippen molar-refractivity contribution in [3.8, 4) is 0 Å². The van der Waals surface area contributed by atoms with E-state index in [-0.39, 0.29) is 0 Å². The van der Waals surface area contributed by atoms with Crippen LogP contribution in [0.3, 0.4) is 0 Å². The maximum Gasteiger partial charge on any atom is 0.00721 e. The minimum Gasteiger partial charge on any atom is -0.314 e. The minimum atomic E-state index is 0.848. The fourth-order valence-corrected chi connectivity index (χ4v) is 6.36. The molecular weight excluding hydrogens is 350 g/mol. The first kappa shape index (κ1) is 25.2. The van der Waals surface area contributed by atoms with Crippen LogP contribution >= 0.6 is 0 Å². The van der Waals surface area contributed by atoms with E-state index in [0.717, 1.165) is 47.5 Å². The van der Waals surface area contributed by atoms with Crippen molar-refractivity contribution in [1.82, 2.24) is 5.32 Å². The molecule has 0 aliphatic heterocycles. The highest BCUT2D eigenvalue weighted by Gasteiger charge is 2.34. The first-order valence-electron chi connectivity index (χ1n) is 13.7. The molecule has 29 heavy (non-hydrogen) atoms. The van der Waals surface area contributed by atoms with Crippen LogP contribution in [0.1, 0.15) is 125 Å². The second-order valence-corrected chi connectivity index (χ2v) is 11.7. The van der Waals surface area contributed by atoms with E-state index < -0.39 is 0 Å². The van der Waals surface area contributed by atoms with Crippen LogP contribution in [0.25, 0.3) is 0 Å². The molecule has 0 aromatic carbocycles. The van der Waals surface area contributed by atoms with E-state index in [1.807, 2.05) is 0 Å². The molecule has 2 aliphatic rings. The molecule has 0 spiro atoms. The molecule has 2 aliphatic carbocycles. The number of nitrogens with one attached hydrogen (secondary N) is 1. The summed E-state index contributed by atoms with van der Waals surface area (Å²) < 4.78 is 0. The van der Waals surface area contributed by atoms with Gasteiger partial charge in [-0.25, -0.2) is 0 Å². The SMILES string of the molecule is CCCCCC(C)CCC(CC)C(CC1CC(CCNC2CC(C)C2)C1)C(C)C. The number of unbranched alkanes of at least 4 members (excludes halogenated alkanes) is 2. The molecule has 172 valence electrons. The topological polar surface area (TPSA) is 12.0 Å². The Labute approximate surface area is 184 Å². The van der Waals surface area contributed by atoms with Gasteiger partial charge in [0.2, 0.25) is 0 Å². The number of hydrogen-bond donors (Lipinski definition) is 1. The van der Waals surface area contributed by atoms with Gasteiger partial charge in [0.05, 0.1) is 0 Å². The molecule has 2 rings (SSSR count). The van der Waals surface area contributed by atoms with Gasteiger partial charge < -0.3 is 5.32 Å². The molecule has 2 saturated carbocycles. The van der Waals surface area contributed by atoms with Gasteiger partial charge in [-0.3, -0.25) is 0 Å². The fraction of sp³-hybridized carbons (Fsp3) is 1.00. The Kier molecular flexibility index (Phi) is 11.6. The molecule has 1 heteroatoms. The summed E-state index contributed by atoms with van der Waals surface area (Å²) in [5.41, 5.74) is 0. The summed E-state index contributed by atoms with van der Waals surface area (Å²) in [5, 5.41) is 3.80. The lowest BCUT2D eigenvalue weighted by Crippen LogP contribution is -2.41. The van der Waals surface area contributed by atoms with Crippen LogP contribution in [0.4, 0.5) is 0 Å². The quantitative estimate of drug-likeness (QED) is 0.254. The third-order valence-corrected chi connectivity index (χ3v) is 8.62. The van der Waals surface area contributed by atoms with Crippen molar-refractivity contribution in [2.24, 2.45) is 41.4 Å². The van der Waals surface area contributed by atoms with E-state index >= 15 is 0 Å². The largest absolute Gasteiger partial charge is 0.314 e. The zero-order valence-electron chi connectivity index (χ0n) is 21.0. The highest BCUT2D eigenvalue weighted by molar-refractivity contribution is 4.86. The van der Waals surface area contributed by atoms with E-state index in [2.05, 4.69) is 46.9 Å². The Morgan fingerprint density at radius 1 is 0.862 bits per heavy atom. The average molecular weight is 406 g/mol. The first-order chi connectivity index (χ1) is 13.9. The summed E-state index contributed by atoms with van der Waals surface area (Å²) in [5.74, 6) is 6.75. The molecule has 0 aromatic rings. The second kappa shape index (κ2) is 13.4. The molecule has 2 fully saturated rings. The van der Waals surface area contributed by atoms with Crippen LogP contribution in [-0.2, 0) is 0 Å². The van der Waals surface area contributed by atoms with E-state index in [4.69, 9.17) is 0 Å². The molecule has 3 unspecified atom stereocenters. The fourth-order valence-electron chi connectivity index (χ4n) is 6.36. The third kappa shape index (κ3) is 8.92. The maximum absolute atomic E-state index is 3.80. The minimum absolute atomic E-state index is 0.848. The van der Waals surface area contributed by atoms with E-state index in [9.17, 15) is 0 Å². The van der Waals surface area contributed by atoms with Crippen LogP contribution in [-0.4, -0.2) is 12.6 Å². The average Bonchev–Trinajstić information content (AvgIpc) is 2.62. The standard InChI is InChI=1S/C28H55N/c1-7-9-10-11-22(5)12-13-26(8-2)28(21(3)4)20-25-18-24(19-25)14-15-29-27-16-23(6)17-27/h21-29H,7-20H2,1-6H3. The predicted molar refractivity (Wildman–Crippen MR) is 130 cm³/mol. The molecule has 0 aromatic heterocycles. The van der Waals surface area contributed by atoms with Crippen molar-refractivity contribution in [2.45, 2.75) is 131 Å². The zero-order valence-corrected chi connectivity index (χ0v) is 21.0. The second-order valence-electron chi connectivity index (χ2n) is 11.7. The summed E-state index contributed by atoms with van der Waals surface area (Å²) in [6.07, 6.45) is 18.8. The molecule has 1 N–H and O–H groups in total. The maximum atomic E-state index is 3.80. The van der Waals surface area contributed by atoms with Crippen molar-refractivity contribution in [1.29, 1.82) is 0 Å². The predicted octanol–water partition coefficient (Wildman–Crippen LogP) is 8.48. The van der Waals surface area contributed by atoms with Crippen LogP contribution in [0.5, 0.6) is 0 Å². The van der Waals surface area contributed by atoms with E-state index in [0.29, 0.717) is 0 Å². The van der Waals surface area contributed by atoms with Gasteiger partial charge in [0.15, 0.2) is 0 Å². The van der Waals surface area contributed by atoms with Crippen LogP contribution in [0.15, 0.2) is 0 Å². The van der Waals surface area contributed by atoms with Crippen molar-refractivity contribution < 1.29 is 0 Å². The van der Waals surface area contributed by atoms with Gasteiger partial charge in [-0.2, -0.15) is 0 Å². The number of rotatable bonds is 16. The lowest BCUT2D eigenvalue weighted by molar-refractivity contribution is 0.100. The van der Waals surface area contributed by atoms with Gasteiger partial charge in [0, 0.05) is 6.04 Å². The zero-order chi connectivity index (χ0) is 21.2. The molecule has 0 amide bonds. The molecule has 0 saturated heterocycles. The molecule has 0 heterocycles. The van der Waals surface area contributed by atoms with Crippen molar-refractivity contribution in [3.63, 3.8) is 0 Å². The van der Waals surface area contributed by atoms with Gasteiger partial charge in [0.1, 0.15) is 0 Å². The summed E-state index contributed by atoms with van der Waals surface area (Å²) in [4.78, 5) is 0. The summed E-state index contributed by atoms with van der Waals surface area (Å²) in [6, 6.07) is 0.848. The Balaban J connectivity index is 1.63. The lowest BCUT2D eigenvalue weighted by atomic mass is 9.65. The van der Waals surface area contributed by atoms with Crippen LogP contribution in [0, 0.1) is 41.4 Å².